The normalized spacial score (nSPS) is 17.3. The maximum absolute atomic E-state index is 9.40. The highest BCUT2D eigenvalue weighted by atomic mass is 16.5. The van der Waals surface area contributed by atoms with Gasteiger partial charge in [-0.3, -0.25) is 0 Å². The maximum Gasteiger partial charge on any atom is 0.232 e. The van der Waals surface area contributed by atoms with Crippen molar-refractivity contribution in [2.75, 3.05) is 55.4 Å². The molecule has 2 heterocycles. The SMILES string of the molecule is CC(O)CN(C)c1nc(N)nc(N2CCOCC2)n1. The highest BCUT2D eigenvalue weighted by Crippen LogP contribution is 2.15. The van der Waals surface area contributed by atoms with Gasteiger partial charge in [0, 0.05) is 26.7 Å². The van der Waals surface area contributed by atoms with E-state index in [0.717, 1.165) is 13.1 Å². The zero-order chi connectivity index (χ0) is 13.8. The molecular formula is C11H20N6O2. The van der Waals surface area contributed by atoms with E-state index in [4.69, 9.17) is 10.5 Å². The van der Waals surface area contributed by atoms with E-state index in [2.05, 4.69) is 15.0 Å². The molecule has 0 radical (unpaired) electrons. The number of anilines is 3. The average molecular weight is 268 g/mol. The number of nitrogen functional groups attached to an aromatic ring is 1. The molecule has 1 aliphatic heterocycles. The van der Waals surface area contributed by atoms with Crippen LogP contribution < -0.4 is 15.5 Å². The van der Waals surface area contributed by atoms with Crippen molar-refractivity contribution >= 4 is 17.8 Å². The number of aliphatic hydroxyl groups is 1. The highest BCUT2D eigenvalue weighted by Gasteiger charge is 2.17. The first kappa shape index (κ1) is 13.8. The summed E-state index contributed by atoms with van der Waals surface area (Å²) in [4.78, 5) is 16.4. The average Bonchev–Trinajstić information content (AvgIpc) is 2.38. The highest BCUT2D eigenvalue weighted by molar-refractivity contribution is 5.43. The summed E-state index contributed by atoms with van der Waals surface area (Å²) in [5.41, 5.74) is 5.73. The molecular weight excluding hydrogens is 248 g/mol. The van der Waals surface area contributed by atoms with E-state index in [1.165, 1.54) is 0 Å². The molecule has 19 heavy (non-hydrogen) atoms. The summed E-state index contributed by atoms with van der Waals surface area (Å²) < 4.78 is 5.29. The summed E-state index contributed by atoms with van der Waals surface area (Å²) >= 11 is 0. The molecule has 0 amide bonds. The lowest BCUT2D eigenvalue weighted by molar-refractivity contribution is 0.122. The Hall–Kier alpha value is -1.67. The molecule has 8 nitrogen and oxygen atoms in total. The molecule has 1 aromatic rings. The van der Waals surface area contributed by atoms with Gasteiger partial charge < -0.3 is 25.4 Å². The molecule has 0 aliphatic carbocycles. The Morgan fingerprint density at radius 2 is 2.05 bits per heavy atom. The standard InChI is InChI=1S/C11H20N6O2/c1-8(18)7-16(2)10-13-9(12)14-11(15-10)17-3-5-19-6-4-17/h8,18H,3-7H2,1-2H3,(H2,12,13,14,15). The molecule has 2 rings (SSSR count). The molecule has 1 saturated heterocycles. The van der Waals surface area contributed by atoms with Crippen molar-refractivity contribution in [2.45, 2.75) is 13.0 Å². The van der Waals surface area contributed by atoms with E-state index in [1.807, 2.05) is 11.9 Å². The van der Waals surface area contributed by atoms with E-state index in [1.54, 1.807) is 11.8 Å². The molecule has 1 aliphatic rings. The Balaban J connectivity index is 2.18. The fourth-order valence-corrected chi connectivity index (χ4v) is 1.92. The lowest BCUT2D eigenvalue weighted by Gasteiger charge is -2.27. The quantitative estimate of drug-likeness (QED) is 0.725. The summed E-state index contributed by atoms with van der Waals surface area (Å²) in [5, 5.41) is 9.40. The Labute approximate surface area is 112 Å². The summed E-state index contributed by atoms with van der Waals surface area (Å²) in [6.07, 6.45) is -0.463. The Kier molecular flexibility index (Phi) is 4.33. The summed E-state index contributed by atoms with van der Waals surface area (Å²) in [6, 6.07) is 0. The molecule has 1 fully saturated rings. The van der Waals surface area contributed by atoms with Gasteiger partial charge in [0.15, 0.2) is 0 Å². The lowest BCUT2D eigenvalue weighted by atomic mass is 10.4. The van der Waals surface area contributed by atoms with Crippen LogP contribution in [0.5, 0.6) is 0 Å². The molecule has 8 heteroatoms. The number of aliphatic hydroxyl groups excluding tert-OH is 1. The van der Waals surface area contributed by atoms with E-state index >= 15 is 0 Å². The number of rotatable bonds is 4. The van der Waals surface area contributed by atoms with Crippen LogP contribution in [0.2, 0.25) is 0 Å². The molecule has 0 aromatic carbocycles. The van der Waals surface area contributed by atoms with Gasteiger partial charge in [-0.1, -0.05) is 0 Å². The molecule has 1 atom stereocenters. The number of ether oxygens (including phenoxy) is 1. The van der Waals surface area contributed by atoms with Crippen LogP contribution in [0.4, 0.5) is 17.8 Å². The van der Waals surface area contributed by atoms with Crippen LogP contribution in [0.1, 0.15) is 6.92 Å². The second-order valence-electron chi connectivity index (χ2n) is 4.62. The van der Waals surface area contributed by atoms with Gasteiger partial charge in [-0.25, -0.2) is 0 Å². The molecule has 106 valence electrons. The Morgan fingerprint density at radius 1 is 1.37 bits per heavy atom. The first-order valence-corrected chi connectivity index (χ1v) is 6.29. The maximum atomic E-state index is 9.40. The van der Waals surface area contributed by atoms with Gasteiger partial charge in [0.2, 0.25) is 17.8 Å². The van der Waals surface area contributed by atoms with Crippen LogP contribution in [0.25, 0.3) is 0 Å². The van der Waals surface area contributed by atoms with E-state index in [0.29, 0.717) is 31.7 Å². The van der Waals surface area contributed by atoms with Crippen LogP contribution in [-0.4, -0.2) is 66.1 Å². The second-order valence-corrected chi connectivity index (χ2v) is 4.62. The van der Waals surface area contributed by atoms with Gasteiger partial charge in [0.1, 0.15) is 0 Å². The van der Waals surface area contributed by atoms with Crippen molar-refractivity contribution in [3.8, 4) is 0 Å². The predicted octanol–water partition coefficient (Wildman–Crippen LogP) is -0.893. The minimum absolute atomic E-state index is 0.184. The number of hydrogen-bond donors (Lipinski definition) is 2. The van der Waals surface area contributed by atoms with Crippen molar-refractivity contribution in [3.05, 3.63) is 0 Å². The first-order valence-electron chi connectivity index (χ1n) is 6.29. The fraction of sp³-hybridized carbons (Fsp3) is 0.727. The molecule has 1 unspecified atom stereocenters. The van der Waals surface area contributed by atoms with Gasteiger partial charge in [0.25, 0.3) is 0 Å². The number of aromatic nitrogens is 3. The largest absolute Gasteiger partial charge is 0.392 e. The summed E-state index contributed by atoms with van der Waals surface area (Å²) in [5.74, 6) is 1.21. The summed E-state index contributed by atoms with van der Waals surface area (Å²) in [7, 11) is 1.81. The number of hydrogen-bond acceptors (Lipinski definition) is 8. The third-order valence-electron chi connectivity index (χ3n) is 2.80. The molecule has 3 N–H and O–H groups in total. The zero-order valence-electron chi connectivity index (χ0n) is 11.3. The lowest BCUT2D eigenvalue weighted by Crippen LogP contribution is -2.38. The van der Waals surface area contributed by atoms with E-state index in [9.17, 15) is 5.11 Å². The van der Waals surface area contributed by atoms with Gasteiger partial charge in [0.05, 0.1) is 19.3 Å². The van der Waals surface area contributed by atoms with Gasteiger partial charge in [-0.2, -0.15) is 15.0 Å². The molecule has 0 spiro atoms. The minimum Gasteiger partial charge on any atom is -0.392 e. The van der Waals surface area contributed by atoms with Crippen molar-refractivity contribution in [1.29, 1.82) is 0 Å². The van der Waals surface area contributed by atoms with Crippen LogP contribution in [0.15, 0.2) is 0 Å². The van der Waals surface area contributed by atoms with Crippen molar-refractivity contribution in [1.82, 2.24) is 15.0 Å². The van der Waals surface area contributed by atoms with E-state index in [-0.39, 0.29) is 5.95 Å². The number of nitrogens with two attached hydrogens (primary N) is 1. The monoisotopic (exact) mass is 268 g/mol. The van der Waals surface area contributed by atoms with Crippen molar-refractivity contribution in [2.24, 2.45) is 0 Å². The van der Waals surface area contributed by atoms with Crippen molar-refractivity contribution in [3.63, 3.8) is 0 Å². The first-order chi connectivity index (χ1) is 9.06. The molecule has 0 saturated carbocycles. The second kappa shape index (κ2) is 5.98. The fourth-order valence-electron chi connectivity index (χ4n) is 1.92. The number of morpholine rings is 1. The van der Waals surface area contributed by atoms with E-state index < -0.39 is 6.10 Å². The third-order valence-corrected chi connectivity index (χ3v) is 2.80. The number of likely N-dealkylation sites (N-methyl/N-ethyl adjacent to an activating group) is 1. The van der Waals surface area contributed by atoms with Gasteiger partial charge in [-0.15, -0.1) is 0 Å². The Bertz CT molecular complexity index is 422. The van der Waals surface area contributed by atoms with Crippen LogP contribution in [-0.2, 0) is 4.74 Å². The zero-order valence-corrected chi connectivity index (χ0v) is 11.3. The van der Waals surface area contributed by atoms with Crippen LogP contribution in [0, 0.1) is 0 Å². The minimum atomic E-state index is -0.463. The van der Waals surface area contributed by atoms with Gasteiger partial charge >= 0.3 is 0 Å². The predicted molar refractivity (Wildman–Crippen MR) is 72.2 cm³/mol. The smallest absolute Gasteiger partial charge is 0.232 e. The van der Waals surface area contributed by atoms with Crippen LogP contribution in [0.3, 0.4) is 0 Å². The number of nitrogens with zero attached hydrogens (tertiary/aromatic N) is 5. The van der Waals surface area contributed by atoms with Crippen LogP contribution >= 0.6 is 0 Å². The summed E-state index contributed by atoms with van der Waals surface area (Å²) in [6.45, 7) is 4.94. The Morgan fingerprint density at radius 3 is 2.68 bits per heavy atom. The molecule has 0 bridgehead atoms. The molecule has 1 aromatic heterocycles. The van der Waals surface area contributed by atoms with Crippen molar-refractivity contribution < 1.29 is 9.84 Å². The topological polar surface area (TPSA) is 101 Å². The third kappa shape index (κ3) is 3.65. The van der Waals surface area contributed by atoms with Gasteiger partial charge in [-0.05, 0) is 6.92 Å².